The van der Waals surface area contributed by atoms with E-state index in [0.717, 1.165) is 19.3 Å². The van der Waals surface area contributed by atoms with Crippen LogP contribution in [0.15, 0.2) is 0 Å². The quantitative estimate of drug-likeness (QED) is 0.389. The molecule has 10 nitrogen and oxygen atoms in total. The lowest BCUT2D eigenvalue weighted by molar-refractivity contribution is -0.0484. The number of aromatic nitrogens is 4. The molecule has 0 aliphatic heterocycles. The van der Waals surface area contributed by atoms with Crippen molar-refractivity contribution in [1.82, 2.24) is 24.8 Å². The van der Waals surface area contributed by atoms with Gasteiger partial charge < -0.3 is 20.1 Å². The maximum atomic E-state index is 10.9. The predicted octanol–water partition coefficient (Wildman–Crippen LogP) is 1.93. The van der Waals surface area contributed by atoms with E-state index in [1.54, 1.807) is 0 Å². The number of nitrogens with one attached hydrogen (secondary N) is 3. The van der Waals surface area contributed by atoms with Crippen LogP contribution in [0.3, 0.4) is 0 Å². The third-order valence-electron chi connectivity index (χ3n) is 6.00. The highest BCUT2D eigenvalue weighted by atomic mass is 16.4. The van der Waals surface area contributed by atoms with E-state index in [0.29, 0.717) is 41.6 Å². The number of aliphatic hydroxyl groups is 1. The number of hydrogen-bond acceptors (Lipinski definition) is 7. The Morgan fingerprint density at radius 3 is 2.54 bits per heavy atom. The van der Waals surface area contributed by atoms with Crippen molar-refractivity contribution in [3.63, 3.8) is 0 Å². The van der Waals surface area contributed by atoms with Gasteiger partial charge >= 0.3 is 6.09 Å². The summed E-state index contributed by atoms with van der Waals surface area (Å²) in [6.07, 6.45) is 4.40. The van der Waals surface area contributed by atoms with Crippen molar-refractivity contribution < 1.29 is 15.0 Å². The Morgan fingerprint density at radius 2 is 2.00 bits per heavy atom. The summed E-state index contributed by atoms with van der Waals surface area (Å²) in [5.41, 5.74) is 0.00990. The first kappa shape index (κ1) is 18.6. The van der Waals surface area contributed by atoms with Crippen molar-refractivity contribution in [2.45, 2.75) is 57.1 Å². The lowest BCUT2D eigenvalue weighted by Crippen LogP contribution is -2.36. The molecule has 0 spiro atoms. The molecule has 2 saturated carbocycles. The van der Waals surface area contributed by atoms with Crippen molar-refractivity contribution in [2.75, 3.05) is 5.32 Å². The van der Waals surface area contributed by atoms with E-state index in [-0.39, 0.29) is 11.9 Å². The maximum absolute atomic E-state index is 10.9. The van der Waals surface area contributed by atoms with Crippen LogP contribution in [0.2, 0.25) is 0 Å². The van der Waals surface area contributed by atoms with E-state index in [1.807, 2.05) is 16.9 Å². The molecule has 0 saturated heterocycles. The molecule has 2 fully saturated rings. The van der Waals surface area contributed by atoms with E-state index in [4.69, 9.17) is 10.5 Å². The monoisotopic (exact) mass is 387 g/mol. The summed E-state index contributed by atoms with van der Waals surface area (Å²) in [6.45, 7) is 2.09. The summed E-state index contributed by atoms with van der Waals surface area (Å²) in [6, 6.07) is 0.173. The number of hydrogen-bond donors (Lipinski definition) is 5. The molecule has 1 amide bonds. The summed E-state index contributed by atoms with van der Waals surface area (Å²) in [4.78, 5) is 24.1. The van der Waals surface area contributed by atoms with Crippen LogP contribution in [0.25, 0.3) is 11.2 Å². The maximum Gasteiger partial charge on any atom is 0.410 e. The average molecular weight is 387 g/mol. The molecule has 0 bridgehead atoms. The van der Waals surface area contributed by atoms with Gasteiger partial charge in [0.1, 0.15) is 16.9 Å². The number of anilines is 1. The predicted molar refractivity (Wildman–Crippen MR) is 102 cm³/mol. The molecule has 28 heavy (non-hydrogen) atoms. The van der Waals surface area contributed by atoms with Gasteiger partial charge in [0.2, 0.25) is 0 Å². The summed E-state index contributed by atoms with van der Waals surface area (Å²) >= 11 is 0. The van der Waals surface area contributed by atoms with Crippen LogP contribution < -0.4 is 10.6 Å². The minimum atomic E-state index is -1.35. The van der Waals surface area contributed by atoms with Gasteiger partial charge in [-0.1, -0.05) is 6.42 Å². The summed E-state index contributed by atoms with van der Waals surface area (Å²) in [5, 5.41) is 33.0. The number of fused-ring (bicyclic) bond motifs is 1. The summed E-state index contributed by atoms with van der Waals surface area (Å²) in [5.74, 6) is 1.11. The van der Waals surface area contributed by atoms with Crippen molar-refractivity contribution in [3.8, 4) is 0 Å². The molecule has 10 heteroatoms. The Balaban J connectivity index is 1.79. The second-order valence-electron chi connectivity index (χ2n) is 7.88. The molecule has 2 aliphatic rings. The molecule has 0 aromatic carbocycles. The molecular formula is C18H25N7O3. The van der Waals surface area contributed by atoms with Gasteiger partial charge in [0.25, 0.3) is 0 Å². The zero-order chi connectivity index (χ0) is 20.1. The Bertz CT molecular complexity index is 946. The number of amides is 1. The van der Waals surface area contributed by atoms with E-state index in [1.165, 1.54) is 6.42 Å². The van der Waals surface area contributed by atoms with Gasteiger partial charge in [-0.25, -0.2) is 19.7 Å². The number of nitrogens with zero attached hydrogens (tertiary/aromatic N) is 4. The molecule has 2 heterocycles. The van der Waals surface area contributed by atoms with Gasteiger partial charge in [-0.05, 0) is 44.9 Å². The minimum Gasteiger partial charge on any atom is -0.465 e. The molecule has 0 radical (unpaired) electrons. The molecule has 2 aromatic heterocycles. The molecule has 4 rings (SSSR count). The van der Waals surface area contributed by atoms with Crippen LogP contribution in [-0.2, 0) is 12.6 Å². The Morgan fingerprint density at radius 1 is 1.29 bits per heavy atom. The smallest absolute Gasteiger partial charge is 0.410 e. The highest BCUT2D eigenvalue weighted by molar-refractivity contribution is 6.03. The van der Waals surface area contributed by atoms with Gasteiger partial charge in [0.05, 0.1) is 0 Å². The largest absolute Gasteiger partial charge is 0.465 e. The fourth-order valence-electron chi connectivity index (χ4n) is 3.91. The van der Waals surface area contributed by atoms with E-state index in [9.17, 15) is 9.90 Å². The number of carboxylic acid groups (broad SMARTS) is 1. The van der Waals surface area contributed by atoms with Gasteiger partial charge in [-0.3, -0.25) is 10.7 Å². The van der Waals surface area contributed by atoms with Gasteiger partial charge in [-0.2, -0.15) is 0 Å². The number of rotatable bonds is 5. The minimum absolute atomic E-state index is 0.0524. The van der Waals surface area contributed by atoms with Crippen molar-refractivity contribution in [3.05, 3.63) is 11.6 Å². The van der Waals surface area contributed by atoms with Crippen molar-refractivity contribution in [2.24, 2.45) is 13.0 Å². The first-order valence-electron chi connectivity index (χ1n) is 9.61. The van der Waals surface area contributed by atoms with Crippen LogP contribution in [0.1, 0.15) is 57.1 Å². The Kier molecular flexibility index (Phi) is 4.45. The Labute approximate surface area is 161 Å². The van der Waals surface area contributed by atoms with Gasteiger partial charge in [-0.15, -0.1) is 0 Å². The second kappa shape index (κ2) is 6.69. The number of amidine groups is 1. The fraction of sp³-hybridized carbons (Fsp3) is 0.611. The molecular weight excluding hydrogens is 362 g/mol. The molecule has 5 N–H and O–H groups in total. The number of carbonyl (C=O) groups is 1. The highest BCUT2D eigenvalue weighted by Gasteiger charge is 2.41. The van der Waals surface area contributed by atoms with Crippen molar-refractivity contribution in [1.29, 1.82) is 5.41 Å². The topological polar surface area (TPSA) is 149 Å². The zero-order valence-corrected chi connectivity index (χ0v) is 16.0. The molecule has 1 atom stereocenters. The first-order chi connectivity index (χ1) is 13.3. The normalized spacial score (nSPS) is 19.5. The van der Waals surface area contributed by atoms with Crippen LogP contribution >= 0.6 is 0 Å². The summed E-state index contributed by atoms with van der Waals surface area (Å²) < 4.78 is 1.81. The zero-order valence-electron chi connectivity index (χ0n) is 16.0. The highest BCUT2D eigenvalue weighted by Crippen LogP contribution is 2.41. The summed E-state index contributed by atoms with van der Waals surface area (Å²) in [7, 11) is 1.82. The number of imidazole rings is 1. The average Bonchev–Trinajstić information content (AvgIpc) is 2.87. The molecule has 2 aromatic rings. The van der Waals surface area contributed by atoms with Crippen molar-refractivity contribution >= 4 is 28.9 Å². The molecule has 0 unspecified atom stereocenters. The third kappa shape index (κ3) is 3.07. The van der Waals surface area contributed by atoms with Gasteiger partial charge in [0, 0.05) is 13.1 Å². The Hall–Kier alpha value is -2.75. The molecule has 150 valence electrons. The van der Waals surface area contributed by atoms with Crippen LogP contribution in [-0.4, -0.2) is 47.7 Å². The third-order valence-corrected chi connectivity index (χ3v) is 6.00. The molecule has 2 aliphatic carbocycles. The standard InChI is InChI=1S/C18H25N7O3/c1-9(10-5-3-6-10)20-13-11-14(23-15(22-13)12(19)21-17(26)27)24-16(25(11)2)18(28)7-4-8-18/h9-10,28H,3-8H2,1-2H3,(H2,19,21)(H,26,27)(H,20,22,23)/t9-/m1/s1. The van der Waals surface area contributed by atoms with Crippen LogP contribution in [0, 0.1) is 11.3 Å². The van der Waals surface area contributed by atoms with Crippen LogP contribution in [0.4, 0.5) is 10.6 Å². The lowest BCUT2D eigenvalue weighted by Gasteiger charge is -2.35. The van der Waals surface area contributed by atoms with E-state index >= 15 is 0 Å². The second-order valence-corrected chi connectivity index (χ2v) is 7.88. The lowest BCUT2D eigenvalue weighted by atomic mass is 9.79. The SMILES string of the molecule is C[C@@H](Nc1nc(C(=N)NC(=O)O)nc2nc(C3(O)CCC3)n(C)c12)C1CCC1. The number of aryl methyl sites for hydroxylation is 1. The van der Waals surface area contributed by atoms with Gasteiger partial charge in [0.15, 0.2) is 23.1 Å². The fourth-order valence-corrected chi connectivity index (χ4v) is 3.91. The van der Waals surface area contributed by atoms with E-state index < -0.39 is 17.5 Å². The van der Waals surface area contributed by atoms with Crippen LogP contribution in [0.5, 0.6) is 0 Å². The first-order valence-corrected chi connectivity index (χ1v) is 9.61. The van der Waals surface area contributed by atoms with E-state index in [2.05, 4.69) is 27.2 Å².